The van der Waals surface area contributed by atoms with Gasteiger partial charge in [0.2, 0.25) is 0 Å². The van der Waals surface area contributed by atoms with Gasteiger partial charge in [-0.05, 0) is 6.07 Å². The lowest BCUT2D eigenvalue weighted by atomic mass is 10.4. The minimum Gasteiger partial charge on any atom is -0.396 e. The largest absolute Gasteiger partial charge is 0.396 e. The molecule has 46 valence electrons. The van der Waals surface area contributed by atoms with E-state index in [0.717, 1.165) is 0 Å². The number of hydrogen-bond donors (Lipinski definition) is 2. The van der Waals surface area contributed by atoms with Gasteiger partial charge in [-0.3, -0.25) is 4.98 Å². The first-order valence-electron chi connectivity index (χ1n) is 2.41. The molecule has 3 N–H and O–H groups in total. The standard InChI is InChI=1S/C5H6N4/c6-4-3-8-2-1-5(4)9-7/h1-3,7H,6H2. The molecule has 1 rings (SSSR count). The number of aromatic nitrogens is 1. The number of nitrogens with zero attached hydrogens (tertiary/aromatic N) is 2. The Morgan fingerprint density at radius 2 is 2.44 bits per heavy atom. The summed E-state index contributed by atoms with van der Waals surface area (Å²) in [6.07, 6.45) is 3.01. The predicted molar refractivity (Wildman–Crippen MR) is 33.5 cm³/mol. The quantitative estimate of drug-likeness (QED) is 0.551. The van der Waals surface area contributed by atoms with E-state index in [1.54, 1.807) is 12.3 Å². The van der Waals surface area contributed by atoms with Gasteiger partial charge in [0.1, 0.15) is 5.69 Å². The van der Waals surface area contributed by atoms with Crippen molar-refractivity contribution in [3.63, 3.8) is 0 Å². The summed E-state index contributed by atoms with van der Waals surface area (Å²) >= 11 is 0. The molecule has 1 aromatic rings. The molecule has 4 heteroatoms. The van der Waals surface area contributed by atoms with Crippen molar-refractivity contribution in [2.75, 3.05) is 5.73 Å². The number of pyridine rings is 1. The fourth-order valence-electron chi connectivity index (χ4n) is 0.501. The van der Waals surface area contributed by atoms with E-state index >= 15 is 0 Å². The fraction of sp³-hybridized carbons (Fsp3) is 0. The first-order chi connectivity index (χ1) is 4.34. The smallest absolute Gasteiger partial charge is 0.111 e. The molecule has 0 unspecified atom stereocenters. The summed E-state index contributed by atoms with van der Waals surface area (Å²) in [7, 11) is 0. The molecule has 0 fully saturated rings. The minimum absolute atomic E-state index is 0.438. The Morgan fingerprint density at radius 1 is 1.67 bits per heavy atom. The van der Waals surface area contributed by atoms with Crippen LogP contribution in [0.1, 0.15) is 0 Å². The molecule has 0 spiro atoms. The summed E-state index contributed by atoms with van der Waals surface area (Å²) < 4.78 is 0. The van der Waals surface area contributed by atoms with Crippen molar-refractivity contribution in [1.82, 2.24) is 4.98 Å². The van der Waals surface area contributed by atoms with Gasteiger partial charge in [0.25, 0.3) is 0 Å². The molecular weight excluding hydrogens is 116 g/mol. The molecule has 0 bridgehead atoms. The van der Waals surface area contributed by atoms with Gasteiger partial charge in [-0.1, -0.05) is 0 Å². The van der Waals surface area contributed by atoms with Crippen LogP contribution < -0.4 is 5.73 Å². The van der Waals surface area contributed by atoms with Crippen LogP contribution >= 0.6 is 0 Å². The van der Waals surface area contributed by atoms with Crippen LogP contribution in [-0.4, -0.2) is 4.98 Å². The van der Waals surface area contributed by atoms with E-state index < -0.39 is 0 Å². The topological polar surface area (TPSA) is 75.1 Å². The van der Waals surface area contributed by atoms with E-state index in [4.69, 9.17) is 11.3 Å². The molecule has 4 nitrogen and oxygen atoms in total. The van der Waals surface area contributed by atoms with Crippen molar-refractivity contribution in [3.8, 4) is 0 Å². The highest BCUT2D eigenvalue weighted by Crippen LogP contribution is 2.17. The van der Waals surface area contributed by atoms with Gasteiger partial charge < -0.3 is 5.73 Å². The molecular formula is C5H6N4. The molecule has 0 aromatic carbocycles. The Kier molecular flexibility index (Phi) is 1.40. The predicted octanol–water partition coefficient (Wildman–Crippen LogP) is 1.33. The van der Waals surface area contributed by atoms with Crippen LogP contribution in [-0.2, 0) is 0 Å². The third kappa shape index (κ3) is 1.02. The van der Waals surface area contributed by atoms with Gasteiger partial charge >= 0.3 is 0 Å². The summed E-state index contributed by atoms with van der Waals surface area (Å²) in [6, 6.07) is 1.59. The molecule has 0 saturated heterocycles. The summed E-state index contributed by atoms with van der Waals surface area (Å²) in [5, 5.41) is 3.16. The van der Waals surface area contributed by atoms with Crippen LogP contribution in [0.25, 0.3) is 0 Å². The molecule has 0 saturated carbocycles. The maximum atomic E-state index is 6.60. The summed E-state index contributed by atoms with van der Waals surface area (Å²) in [6.45, 7) is 0. The lowest BCUT2D eigenvalue weighted by Crippen LogP contribution is -1.84. The van der Waals surface area contributed by atoms with E-state index in [9.17, 15) is 0 Å². The first-order valence-corrected chi connectivity index (χ1v) is 2.41. The van der Waals surface area contributed by atoms with Crippen molar-refractivity contribution >= 4 is 11.4 Å². The van der Waals surface area contributed by atoms with E-state index in [2.05, 4.69) is 10.1 Å². The third-order valence-electron chi connectivity index (χ3n) is 0.948. The summed E-state index contributed by atoms with van der Waals surface area (Å²) in [5.41, 5.74) is 12.9. The van der Waals surface area contributed by atoms with Crippen molar-refractivity contribution in [1.29, 1.82) is 5.53 Å². The Bertz CT molecular complexity index is 220. The summed E-state index contributed by atoms with van der Waals surface area (Å²) in [5.74, 6) is 0. The van der Waals surface area contributed by atoms with E-state index in [-0.39, 0.29) is 0 Å². The molecule has 1 heterocycles. The van der Waals surface area contributed by atoms with Crippen LogP contribution in [0.4, 0.5) is 11.4 Å². The zero-order valence-corrected chi connectivity index (χ0v) is 4.70. The van der Waals surface area contributed by atoms with Crippen molar-refractivity contribution in [3.05, 3.63) is 18.5 Å². The monoisotopic (exact) mass is 122 g/mol. The highest BCUT2D eigenvalue weighted by atomic mass is 15.0. The zero-order chi connectivity index (χ0) is 6.69. The Labute approximate surface area is 52.2 Å². The van der Waals surface area contributed by atoms with Crippen molar-refractivity contribution in [2.24, 2.45) is 5.11 Å². The van der Waals surface area contributed by atoms with Gasteiger partial charge in [0.05, 0.1) is 11.9 Å². The Balaban J connectivity index is 3.15. The van der Waals surface area contributed by atoms with Gasteiger partial charge in [-0.15, -0.1) is 0 Å². The normalized spacial score (nSPS) is 8.89. The van der Waals surface area contributed by atoms with E-state index in [1.807, 2.05) is 0 Å². The fourth-order valence-corrected chi connectivity index (χ4v) is 0.501. The maximum absolute atomic E-state index is 6.60. The van der Waals surface area contributed by atoms with Gasteiger partial charge in [0, 0.05) is 6.20 Å². The van der Waals surface area contributed by atoms with Crippen molar-refractivity contribution < 1.29 is 0 Å². The summed E-state index contributed by atoms with van der Waals surface area (Å²) in [4.78, 5) is 3.72. The molecule has 0 radical (unpaired) electrons. The van der Waals surface area contributed by atoms with Crippen LogP contribution in [0.5, 0.6) is 0 Å². The number of rotatable bonds is 1. The number of nitrogens with one attached hydrogen (secondary N) is 1. The number of nitrogen functional groups attached to an aromatic ring is 1. The van der Waals surface area contributed by atoms with E-state index in [0.29, 0.717) is 11.4 Å². The minimum atomic E-state index is 0.438. The third-order valence-corrected chi connectivity index (χ3v) is 0.948. The van der Waals surface area contributed by atoms with Crippen LogP contribution in [0.3, 0.4) is 0 Å². The molecule has 0 amide bonds. The second-order valence-corrected chi connectivity index (χ2v) is 1.55. The Morgan fingerprint density at radius 3 is 2.89 bits per heavy atom. The average Bonchev–Trinajstić information content (AvgIpc) is 1.89. The lowest BCUT2D eigenvalue weighted by Gasteiger charge is -1.92. The average molecular weight is 122 g/mol. The molecule has 0 aliphatic carbocycles. The maximum Gasteiger partial charge on any atom is 0.111 e. The first kappa shape index (κ1) is 5.68. The second kappa shape index (κ2) is 2.21. The molecule has 0 aliphatic heterocycles. The lowest BCUT2D eigenvalue weighted by molar-refractivity contribution is 1.14. The van der Waals surface area contributed by atoms with Crippen LogP contribution in [0.15, 0.2) is 23.6 Å². The molecule has 0 atom stereocenters. The molecule has 1 aromatic heterocycles. The zero-order valence-electron chi connectivity index (χ0n) is 4.70. The molecule has 9 heavy (non-hydrogen) atoms. The SMILES string of the molecule is N=Nc1ccncc1N. The second-order valence-electron chi connectivity index (χ2n) is 1.55. The number of nitrogens with two attached hydrogens (primary N) is 1. The van der Waals surface area contributed by atoms with Gasteiger partial charge in [-0.2, -0.15) is 5.11 Å². The number of hydrogen-bond acceptors (Lipinski definition) is 4. The van der Waals surface area contributed by atoms with E-state index in [1.165, 1.54) is 6.20 Å². The van der Waals surface area contributed by atoms with Gasteiger partial charge in [-0.25, -0.2) is 5.53 Å². The van der Waals surface area contributed by atoms with Gasteiger partial charge in [0.15, 0.2) is 0 Å². The highest BCUT2D eigenvalue weighted by Gasteiger charge is 1.91. The van der Waals surface area contributed by atoms with Crippen molar-refractivity contribution in [2.45, 2.75) is 0 Å². The van der Waals surface area contributed by atoms with Crippen LogP contribution in [0.2, 0.25) is 0 Å². The highest BCUT2D eigenvalue weighted by molar-refractivity contribution is 5.59. The molecule has 0 aliphatic rings. The number of anilines is 1. The van der Waals surface area contributed by atoms with Crippen LogP contribution in [0, 0.1) is 5.53 Å². The Hall–Kier alpha value is -1.45.